The van der Waals surface area contributed by atoms with Crippen LogP contribution in [0.25, 0.3) is 0 Å². The minimum Gasteiger partial charge on any atom is -0.382 e. The lowest BCUT2D eigenvalue weighted by molar-refractivity contribution is 0.213. The second-order valence-electron chi connectivity index (χ2n) is 5.91. The molecule has 1 aromatic heterocycles. The lowest BCUT2D eigenvalue weighted by atomic mass is 10.1. The summed E-state index contributed by atoms with van der Waals surface area (Å²) in [7, 11) is -3.35. The minimum atomic E-state index is -3.35. The Kier molecular flexibility index (Phi) is 7.66. The number of nitrogens with one attached hydrogen (secondary N) is 1. The van der Waals surface area contributed by atoms with Crippen LogP contribution in [0, 0.1) is 13.8 Å². The number of hydrogen-bond donors (Lipinski definition) is 1. The van der Waals surface area contributed by atoms with E-state index in [1.165, 1.54) is 0 Å². The first kappa shape index (κ1) is 20.9. The minimum absolute atomic E-state index is 0.312. The van der Waals surface area contributed by atoms with E-state index in [0.29, 0.717) is 24.8 Å². The fourth-order valence-electron chi connectivity index (χ4n) is 2.75. The average molecular weight is 397 g/mol. The first-order chi connectivity index (χ1) is 12.4. The number of halogens is 1. The number of rotatable bonds is 9. The summed E-state index contributed by atoms with van der Waals surface area (Å²) in [6, 6.07) is 11.2. The molecule has 2 aromatic rings. The third-order valence-corrected chi connectivity index (χ3v) is 6.70. The molecule has 0 bridgehead atoms. The molecule has 0 spiro atoms. The number of anilines is 1. The van der Waals surface area contributed by atoms with Crippen molar-refractivity contribution in [1.29, 1.82) is 0 Å². The maximum atomic E-state index is 13.4. The van der Waals surface area contributed by atoms with Gasteiger partial charge in [0.05, 0.1) is 24.6 Å². The quantitative estimate of drug-likeness (QED) is 0.545. The summed E-state index contributed by atoms with van der Waals surface area (Å²) in [5.74, 6) is 0. The molecule has 1 aromatic carbocycles. The van der Waals surface area contributed by atoms with Crippen LogP contribution in [0.3, 0.4) is 0 Å². The van der Waals surface area contributed by atoms with Gasteiger partial charge in [0.1, 0.15) is 5.66 Å². The SMILES string of the molecule is CCOP(=O)(OCC)C(CNc1ccc(C)nc1C)c1ccc(Cl)cc1. The van der Waals surface area contributed by atoms with Crippen molar-refractivity contribution in [2.45, 2.75) is 33.4 Å². The molecular formula is C19H26ClN2O3P. The molecule has 0 saturated heterocycles. The van der Waals surface area contributed by atoms with Crippen molar-refractivity contribution >= 4 is 24.9 Å². The van der Waals surface area contributed by atoms with E-state index in [0.717, 1.165) is 22.6 Å². The molecule has 26 heavy (non-hydrogen) atoms. The van der Waals surface area contributed by atoms with Crippen molar-refractivity contribution in [2.24, 2.45) is 0 Å². The fraction of sp³-hybridized carbons (Fsp3) is 0.421. The van der Waals surface area contributed by atoms with Gasteiger partial charge in [0, 0.05) is 17.3 Å². The largest absolute Gasteiger partial charge is 0.382 e. The first-order valence-corrected chi connectivity index (χ1v) is 10.7. The van der Waals surface area contributed by atoms with E-state index in [4.69, 9.17) is 20.6 Å². The van der Waals surface area contributed by atoms with Crippen molar-refractivity contribution in [1.82, 2.24) is 4.98 Å². The van der Waals surface area contributed by atoms with Crippen molar-refractivity contribution in [3.8, 4) is 0 Å². The number of pyridine rings is 1. The zero-order valence-corrected chi connectivity index (χ0v) is 17.3. The van der Waals surface area contributed by atoms with E-state index < -0.39 is 13.3 Å². The second kappa shape index (κ2) is 9.52. The molecule has 0 amide bonds. The molecule has 7 heteroatoms. The first-order valence-electron chi connectivity index (χ1n) is 8.72. The van der Waals surface area contributed by atoms with Gasteiger partial charge in [0.25, 0.3) is 0 Å². The zero-order valence-electron chi connectivity index (χ0n) is 15.7. The summed E-state index contributed by atoms with van der Waals surface area (Å²) >= 11 is 6.01. The van der Waals surface area contributed by atoms with Gasteiger partial charge in [-0.2, -0.15) is 0 Å². The van der Waals surface area contributed by atoms with Crippen molar-refractivity contribution in [3.63, 3.8) is 0 Å². The van der Waals surface area contributed by atoms with Crippen LogP contribution >= 0.6 is 19.2 Å². The predicted molar refractivity (Wildman–Crippen MR) is 107 cm³/mol. The van der Waals surface area contributed by atoms with Crippen LogP contribution in [0.4, 0.5) is 5.69 Å². The highest BCUT2D eigenvalue weighted by molar-refractivity contribution is 7.54. The Hall–Kier alpha value is -1.39. The van der Waals surface area contributed by atoms with Crippen molar-refractivity contribution in [2.75, 3.05) is 25.1 Å². The van der Waals surface area contributed by atoms with Gasteiger partial charge in [-0.1, -0.05) is 23.7 Å². The fourth-order valence-corrected chi connectivity index (χ4v) is 4.89. The summed E-state index contributed by atoms with van der Waals surface area (Å²) in [5.41, 5.74) is 3.14. The Labute approximate surface area is 160 Å². The number of nitrogens with zero attached hydrogens (tertiary/aromatic N) is 1. The standard InChI is InChI=1S/C19H26ClN2O3P/c1-5-24-26(23,25-6-2)19(16-8-10-17(20)11-9-16)13-21-18-12-7-14(3)22-15(18)4/h7-12,19,21H,5-6,13H2,1-4H3. The smallest absolute Gasteiger partial charge is 0.339 e. The number of benzene rings is 1. The molecule has 0 aliphatic rings. The number of aryl methyl sites for hydroxylation is 2. The predicted octanol–water partition coefficient (Wildman–Crippen LogP) is 5.77. The third kappa shape index (κ3) is 5.31. The van der Waals surface area contributed by atoms with E-state index in [9.17, 15) is 4.57 Å². The molecule has 0 fully saturated rings. The Morgan fingerprint density at radius 1 is 1.08 bits per heavy atom. The van der Waals surface area contributed by atoms with E-state index in [2.05, 4.69) is 10.3 Å². The van der Waals surface area contributed by atoms with Crippen molar-refractivity contribution < 1.29 is 13.6 Å². The molecule has 1 N–H and O–H groups in total. The molecule has 0 aliphatic heterocycles. The Bertz CT molecular complexity index is 758. The van der Waals surface area contributed by atoms with E-state index in [-0.39, 0.29) is 0 Å². The van der Waals surface area contributed by atoms with Gasteiger partial charge < -0.3 is 14.4 Å². The Balaban J connectivity index is 2.33. The summed E-state index contributed by atoms with van der Waals surface area (Å²) < 4.78 is 24.6. The van der Waals surface area contributed by atoms with E-state index in [1.807, 2.05) is 52.0 Å². The summed E-state index contributed by atoms with van der Waals surface area (Å²) in [6.45, 7) is 8.53. The number of hydrogen-bond acceptors (Lipinski definition) is 5. The maximum Gasteiger partial charge on any atom is 0.339 e. The number of aromatic nitrogens is 1. The summed E-state index contributed by atoms with van der Waals surface area (Å²) in [4.78, 5) is 4.46. The zero-order chi connectivity index (χ0) is 19.2. The van der Waals surface area contributed by atoms with E-state index >= 15 is 0 Å². The molecule has 0 saturated carbocycles. The van der Waals surface area contributed by atoms with Crippen molar-refractivity contribution in [3.05, 3.63) is 58.4 Å². The van der Waals surface area contributed by atoms with Crippen LogP contribution in [0.15, 0.2) is 36.4 Å². The highest BCUT2D eigenvalue weighted by atomic mass is 35.5. The molecule has 5 nitrogen and oxygen atoms in total. The van der Waals surface area contributed by atoms with Gasteiger partial charge in [-0.3, -0.25) is 9.55 Å². The highest BCUT2D eigenvalue weighted by Crippen LogP contribution is 2.61. The maximum absolute atomic E-state index is 13.4. The highest BCUT2D eigenvalue weighted by Gasteiger charge is 2.36. The topological polar surface area (TPSA) is 60.5 Å². The van der Waals surface area contributed by atoms with Crippen LogP contribution in [0.1, 0.15) is 36.5 Å². The van der Waals surface area contributed by atoms with E-state index in [1.54, 1.807) is 12.1 Å². The lowest BCUT2D eigenvalue weighted by Gasteiger charge is -2.27. The average Bonchev–Trinajstić information content (AvgIpc) is 2.58. The normalized spacial score (nSPS) is 12.8. The van der Waals surface area contributed by atoms with Gasteiger partial charge in [0.15, 0.2) is 0 Å². The van der Waals surface area contributed by atoms with Crippen LogP contribution in [-0.2, 0) is 13.6 Å². The molecule has 142 valence electrons. The van der Waals surface area contributed by atoms with Gasteiger partial charge in [-0.25, -0.2) is 0 Å². The molecule has 1 unspecified atom stereocenters. The second-order valence-corrected chi connectivity index (χ2v) is 8.57. The molecular weight excluding hydrogens is 371 g/mol. The molecule has 2 rings (SSSR count). The summed E-state index contributed by atoms with van der Waals surface area (Å²) in [6.07, 6.45) is 0. The van der Waals surface area contributed by atoms with Crippen LogP contribution in [0.5, 0.6) is 0 Å². The Morgan fingerprint density at radius 2 is 1.69 bits per heavy atom. The summed E-state index contributed by atoms with van der Waals surface area (Å²) in [5, 5.41) is 3.97. The molecule has 0 radical (unpaired) electrons. The monoisotopic (exact) mass is 396 g/mol. The van der Waals surface area contributed by atoms with Gasteiger partial charge >= 0.3 is 7.60 Å². The van der Waals surface area contributed by atoms with Crippen LogP contribution in [-0.4, -0.2) is 24.7 Å². The van der Waals surface area contributed by atoms with Gasteiger partial charge in [0.2, 0.25) is 0 Å². The molecule has 1 atom stereocenters. The van der Waals surface area contributed by atoms with Gasteiger partial charge in [-0.15, -0.1) is 0 Å². The molecule has 1 heterocycles. The Morgan fingerprint density at radius 3 is 2.23 bits per heavy atom. The lowest BCUT2D eigenvalue weighted by Crippen LogP contribution is -2.17. The van der Waals surface area contributed by atoms with Crippen LogP contribution in [0.2, 0.25) is 5.02 Å². The van der Waals surface area contributed by atoms with Gasteiger partial charge in [-0.05, 0) is 57.5 Å². The van der Waals surface area contributed by atoms with Crippen LogP contribution < -0.4 is 5.32 Å². The third-order valence-electron chi connectivity index (χ3n) is 3.97. The molecule has 0 aliphatic carbocycles.